The summed E-state index contributed by atoms with van der Waals surface area (Å²) >= 11 is 0. The first kappa shape index (κ1) is 12.7. The summed E-state index contributed by atoms with van der Waals surface area (Å²) < 4.78 is 0. The van der Waals surface area contributed by atoms with E-state index in [-0.39, 0.29) is 5.84 Å². The second kappa shape index (κ2) is 6.23. The molecular weight excluding hydrogens is 228 g/mol. The number of anilines is 1. The lowest BCUT2D eigenvalue weighted by Crippen LogP contribution is -2.28. The fraction of sp³-hybridized carbons (Fsp3) is 0.538. The van der Waals surface area contributed by atoms with E-state index in [2.05, 4.69) is 15.0 Å². The third kappa shape index (κ3) is 3.12. The lowest BCUT2D eigenvalue weighted by Gasteiger charge is -2.25. The predicted molar refractivity (Wildman–Crippen MR) is 72.0 cm³/mol. The quantitative estimate of drug-likeness (QED) is 0.363. The van der Waals surface area contributed by atoms with E-state index in [1.807, 2.05) is 12.1 Å². The standard InChI is InChI=1S/C13H20N4O/c14-13(16-18)11-6-7-12(15-10-11)17-8-4-2-1-3-5-9-17/h6-7,10,18H,1-5,8-9H2,(H2,14,16). The van der Waals surface area contributed by atoms with Gasteiger partial charge in [-0.05, 0) is 25.0 Å². The molecular formula is C13H20N4O. The number of pyridine rings is 1. The van der Waals surface area contributed by atoms with Gasteiger partial charge >= 0.3 is 0 Å². The highest BCUT2D eigenvalue weighted by Gasteiger charge is 2.10. The molecule has 98 valence electrons. The third-order valence-electron chi connectivity index (χ3n) is 3.33. The lowest BCUT2D eigenvalue weighted by molar-refractivity contribution is 0.318. The molecule has 1 fully saturated rings. The molecule has 2 heterocycles. The molecule has 18 heavy (non-hydrogen) atoms. The Morgan fingerprint density at radius 1 is 1.17 bits per heavy atom. The molecule has 1 aliphatic heterocycles. The van der Waals surface area contributed by atoms with Crippen molar-refractivity contribution in [2.24, 2.45) is 10.9 Å². The number of oxime groups is 1. The zero-order valence-electron chi connectivity index (χ0n) is 10.5. The fourth-order valence-electron chi connectivity index (χ4n) is 2.26. The number of hydrogen-bond acceptors (Lipinski definition) is 4. The highest BCUT2D eigenvalue weighted by atomic mass is 16.4. The summed E-state index contributed by atoms with van der Waals surface area (Å²) in [6, 6.07) is 3.78. The average Bonchev–Trinajstić information content (AvgIpc) is 2.38. The van der Waals surface area contributed by atoms with Crippen LogP contribution in [-0.4, -0.2) is 29.1 Å². The second-order valence-electron chi connectivity index (χ2n) is 4.65. The number of aromatic nitrogens is 1. The Kier molecular flexibility index (Phi) is 4.39. The van der Waals surface area contributed by atoms with Crippen LogP contribution >= 0.6 is 0 Å². The number of nitrogens with zero attached hydrogens (tertiary/aromatic N) is 3. The minimum Gasteiger partial charge on any atom is -0.409 e. The Morgan fingerprint density at radius 2 is 1.83 bits per heavy atom. The first-order chi connectivity index (χ1) is 8.81. The van der Waals surface area contributed by atoms with E-state index in [0.717, 1.165) is 18.9 Å². The molecule has 0 aromatic carbocycles. The monoisotopic (exact) mass is 248 g/mol. The largest absolute Gasteiger partial charge is 0.409 e. The Hall–Kier alpha value is -1.78. The van der Waals surface area contributed by atoms with Crippen molar-refractivity contribution in [2.45, 2.75) is 32.1 Å². The van der Waals surface area contributed by atoms with Gasteiger partial charge in [0.15, 0.2) is 5.84 Å². The maximum absolute atomic E-state index is 8.60. The summed E-state index contributed by atoms with van der Waals surface area (Å²) in [6.07, 6.45) is 8.07. The van der Waals surface area contributed by atoms with Gasteiger partial charge in [-0.15, -0.1) is 0 Å². The predicted octanol–water partition coefficient (Wildman–Crippen LogP) is 1.95. The molecule has 0 radical (unpaired) electrons. The van der Waals surface area contributed by atoms with Crippen molar-refractivity contribution < 1.29 is 5.21 Å². The number of amidine groups is 1. The minimum absolute atomic E-state index is 0.0988. The van der Waals surface area contributed by atoms with Crippen LogP contribution < -0.4 is 10.6 Å². The molecule has 0 aliphatic carbocycles. The van der Waals surface area contributed by atoms with Gasteiger partial charge in [0.05, 0.1) is 0 Å². The van der Waals surface area contributed by atoms with E-state index in [9.17, 15) is 0 Å². The van der Waals surface area contributed by atoms with E-state index < -0.39 is 0 Å². The molecule has 5 heteroatoms. The van der Waals surface area contributed by atoms with Crippen LogP contribution in [0.25, 0.3) is 0 Å². The van der Waals surface area contributed by atoms with Crippen LogP contribution in [0.1, 0.15) is 37.7 Å². The SMILES string of the molecule is N/C(=N\O)c1ccc(N2CCCCCCC2)nc1. The minimum atomic E-state index is 0.0988. The molecule has 0 spiro atoms. The summed E-state index contributed by atoms with van der Waals surface area (Å²) in [4.78, 5) is 6.71. The smallest absolute Gasteiger partial charge is 0.171 e. The summed E-state index contributed by atoms with van der Waals surface area (Å²) in [5.41, 5.74) is 6.16. The van der Waals surface area contributed by atoms with Gasteiger partial charge in [0.1, 0.15) is 5.82 Å². The van der Waals surface area contributed by atoms with E-state index in [4.69, 9.17) is 10.9 Å². The van der Waals surface area contributed by atoms with Gasteiger partial charge in [0.2, 0.25) is 0 Å². The average molecular weight is 248 g/mol. The second-order valence-corrected chi connectivity index (χ2v) is 4.65. The van der Waals surface area contributed by atoms with Crippen molar-refractivity contribution in [1.82, 2.24) is 4.98 Å². The zero-order chi connectivity index (χ0) is 12.8. The van der Waals surface area contributed by atoms with Gasteiger partial charge in [-0.25, -0.2) is 4.98 Å². The highest BCUT2D eigenvalue weighted by molar-refractivity contribution is 5.96. The van der Waals surface area contributed by atoms with Gasteiger partial charge in [-0.2, -0.15) is 0 Å². The summed E-state index contributed by atoms with van der Waals surface area (Å²) in [7, 11) is 0. The third-order valence-corrected chi connectivity index (χ3v) is 3.33. The molecule has 0 bridgehead atoms. The Labute approximate surface area is 107 Å². The van der Waals surface area contributed by atoms with Crippen LogP contribution in [0.4, 0.5) is 5.82 Å². The van der Waals surface area contributed by atoms with Crippen molar-refractivity contribution in [3.05, 3.63) is 23.9 Å². The molecule has 0 amide bonds. The van der Waals surface area contributed by atoms with E-state index in [1.165, 1.54) is 32.1 Å². The molecule has 2 rings (SSSR count). The Balaban J connectivity index is 2.07. The van der Waals surface area contributed by atoms with Crippen molar-refractivity contribution >= 4 is 11.7 Å². The molecule has 5 nitrogen and oxygen atoms in total. The van der Waals surface area contributed by atoms with Crippen LogP contribution in [0.2, 0.25) is 0 Å². The number of nitrogens with two attached hydrogens (primary N) is 1. The Morgan fingerprint density at radius 3 is 2.39 bits per heavy atom. The van der Waals surface area contributed by atoms with Gasteiger partial charge in [-0.1, -0.05) is 24.4 Å². The van der Waals surface area contributed by atoms with Crippen LogP contribution in [0, 0.1) is 0 Å². The first-order valence-electron chi connectivity index (χ1n) is 6.50. The van der Waals surface area contributed by atoms with E-state index in [0.29, 0.717) is 5.56 Å². The normalized spacial score (nSPS) is 18.2. The van der Waals surface area contributed by atoms with Crippen LogP contribution in [0.5, 0.6) is 0 Å². The van der Waals surface area contributed by atoms with Crippen LogP contribution in [0.3, 0.4) is 0 Å². The van der Waals surface area contributed by atoms with Crippen LogP contribution in [-0.2, 0) is 0 Å². The molecule has 1 aromatic heterocycles. The number of rotatable bonds is 2. The summed E-state index contributed by atoms with van der Waals surface area (Å²) in [5.74, 6) is 1.08. The zero-order valence-corrected chi connectivity index (χ0v) is 10.5. The van der Waals surface area contributed by atoms with E-state index >= 15 is 0 Å². The van der Waals surface area contributed by atoms with Gasteiger partial charge in [0.25, 0.3) is 0 Å². The molecule has 0 saturated carbocycles. The lowest BCUT2D eigenvalue weighted by atomic mass is 10.1. The summed E-state index contributed by atoms with van der Waals surface area (Å²) in [5, 5.41) is 11.6. The first-order valence-corrected chi connectivity index (χ1v) is 6.50. The molecule has 0 unspecified atom stereocenters. The molecule has 1 saturated heterocycles. The molecule has 1 aromatic rings. The number of hydrogen-bond donors (Lipinski definition) is 2. The molecule has 1 aliphatic rings. The topological polar surface area (TPSA) is 74.7 Å². The summed E-state index contributed by atoms with van der Waals surface area (Å²) in [6.45, 7) is 2.13. The van der Waals surface area contributed by atoms with E-state index in [1.54, 1.807) is 6.20 Å². The highest BCUT2D eigenvalue weighted by Crippen LogP contribution is 2.17. The van der Waals surface area contributed by atoms with Crippen molar-refractivity contribution in [3.63, 3.8) is 0 Å². The van der Waals surface area contributed by atoms with Crippen molar-refractivity contribution in [2.75, 3.05) is 18.0 Å². The fourth-order valence-corrected chi connectivity index (χ4v) is 2.26. The maximum atomic E-state index is 8.60. The van der Waals surface area contributed by atoms with Crippen LogP contribution in [0.15, 0.2) is 23.5 Å². The molecule has 0 atom stereocenters. The molecule has 3 N–H and O–H groups in total. The van der Waals surface area contributed by atoms with Crippen molar-refractivity contribution in [1.29, 1.82) is 0 Å². The Bertz CT molecular complexity index is 394. The van der Waals surface area contributed by atoms with Gasteiger partial charge in [-0.3, -0.25) is 0 Å². The van der Waals surface area contributed by atoms with Gasteiger partial charge < -0.3 is 15.8 Å². The van der Waals surface area contributed by atoms with Gasteiger partial charge in [0, 0.05) is 24.8 Å². The maximum Gasteiger partial charge on any atom is 0.171 e. The van der Waals surface area contributed by atoms with Crippen molar-refractivity contribution in [3.8, 4) is 0 Å².